The van der Waals surface area contributed by atoms with Crippen LogP contribution in [0, 0.1) is 0 Å². The van der Waals surface area contributed by atoms with Crippen molar-refractivity contribution in [2.24, 2.45) is 0 Å². The number of hydrogen-bond donors (Lipinski definition) is 1. The smallest absolute Gasteiger partial charge is 0.224 e. The molecule has 0 atom stereocenters. The van der Waals surface area contributed by atoms with Crippen LogP contribution in [0.25, 0.3) is 0 Å². The van der Waals surface area contributed by atoms with Gasteiger partial charge in [-0.25, -0.2) is 0 Å². The van der Waals surface area contributed by atoms with Gasteiger partial charge in [-0.3, -0.25) is 4.79 Å². The number of aryl methyl sites for hydroxylation is 1. The van der Waals surface area contributed by atoms with Crippen LogP contribution in [0.1, 0.15) is 25.8 Å². The summed E-state index contributed by atoms with van der Waals surface area (Å²) in [5.41, 5.74) is 1.62. The van der Waals surface area contributed by atoms with Crippen LogP contribution < -0.4 is 10.1 Å². The summed E-state index contributed by atoms with van der Waals surface area (Å²) in [5, 5.41) is 4.04. The molecule has 0 heterocycles. The lowest BCUT2D eigenvalue weighted by Crippen LogP contribution is -2.13. The molecule has 0 aliphatic rings. The largest absolute Gasteiger partial charge is 0.491 e. The van der Waals surface area contributed by atoms with Crippen molar-refractivity contribution in [3.8, 4) is 5.75 Å². The number of amides is 1. The van der Waals surface area contributed by atoms with Crippen molar-refractivity contribution in [3.63, 3.8) is 0 Å². The molecule has 0 saturated heterocycles. The van der Waals surface area contributed by atoms with Gasteiger partial charge < -0.3 is 10.1 Å². The zero-order valence-corrected chi connectivity index (χ0v) is 14.6. The number of rotatable bonds is 6. The second-order valence-corrected chi connectivity index (χ2v) is 6.32. The molecule has 0 spiro atoms. The number of carbonyl (C=O) groups is 1. The highest BCUT2D eigenvalue weighted by molar-refractivity contribution is 6.35. The molecule has 1 amide bonds. The van der Waals surface area contributed by atoms with Crippen LogP contribution in [-0.2, 0) is 11.2 Å². The van der Waals surface area contributed by atoms with E-state index in [4.69, 9.17) is 27.9 Å². The Labute approximate surface area is 146 Å². The van der Waals surface area contributed by atoms with Gasteiger partial charge in [0.2, 0.25) is 5.91 Å². The second-order valence-electron chi connectivity index (χ2n) is 5.48. The zero-order valence-electron chi connectivity index (χ0n) is 13.1. The van der Waals surface area contributed by atoms with Crippen LogP contribution in [0.3, 0.4) is 0 Å². The molecule has 0 unspecified atom stereocenters. The predicted molar refractivity (Wildman–Crippen MR) is 95.6 cm³/mol. The van der Waals surface area contributed by atoms with Crippen molar-refractivity contribution in [3.05, 3.63) is 58.1 Å². The number of anilines is 1. The summed E-state index contributed by atoms with van der Waals surface area (Å²) in [6.07, 6.45) is 0.994. The van der Waals surface area contributed by atoms with E-state index in [1.807, 2.05) is 44.2 Å². The molecule has 5 heteroatoms. The third kappa shape index (κ3) is 5.77. The molecule has 2 rings (SSSR count). The van der Waals surface area contributed by atoms with Crippen molar-refractivity contribution < 1.29 is 9.53 Å². The molecular weight excluding hydrogens is 333 g/mol. The van der Waals surface area contributed by atoms with Gasteiger partial charge in [0, 0.05) is 28.2 Å². The number of benzene rings is 2. The number of ether oxygens (including phenoxy) is 1. The van der Waals surface area contributed by atoms with E-state index in [0.717, 1.165) is 17.0 Å². The Bertz CT molecular complexity index is 686. The molecule has 0 radical (unpaired) electrons. The topological polar surface area (TPSA) is 38.3 Å². The average Bonchev–Trinajstić information content (AvgIpc) is 2.46. The molecule has 3 nitrogen and oxygen atoms in total. The number of nitrogens with one attached hydrogen (secondary N) is 1. The Morgan fingerprint density at radius 1 is 1.17 bits per heavy atom. The minimum atomic E-state index is -0.0716. The van der Waals surface area contributed by atoms with Crippen LogP contribution in [-0.4, -0.2) is 12.0 Å². The maximum atomic E-state index is 12.1. The third-order valence-corrected chi connectivity index (χ3v) is 3.71. The number of halogens is 2. The first kappa shape index (κ1) is 17.6. The highest BCUT2D eigenvalue weighted by Gasteiger charge is 2.07. The summed E-state index contributed by atoms with van der Waals surface area (Å²) in [5.74, 6) is 0.663. The van der Waals surface area contributed by atoms with Gasteiger partial charge >= 0.3 is 0 Å². The van der Waals surface area contributed by atoms with Crippen LogP contribution in [0.5, 0.6) is 5.75 Å². The minimum Gasteiger partial charge on any atom is -0.491 e. The molecule has 0 bridgehead atoms. The molecule has 0 fully saturated rings. The zero-order chi connectivity index (χ0) is 16.8. The van der Waals surface area contributed by atoms with Gasteiger partial charge in [0.05, 0.1) is 6.10 Å². The van der Waals surface area contributed by atoms with Crippen molar-refractivity contribution in [1.29, 1.82) is 0 Å². The molecule has 2 aromatic carbocycles. The van der Waals surface area contributed by atoms with Crippen LogP contribution >= 0.6 is 23.2 Å². The van der Waals surface area contributed by atoms with Crippen molar-refractivity contribution in [1.82, 2.24) is 0 Å². The van der Waals surface area contributed by atoms with Gasteiger partial charge in [0.25, 0.3) is 0 Å². The summed E-state index contributed by atoms with van der Waals surface area (Å²) >= 11 is 12.0. The van der Waals surface area contributed by atoms with Gasteiger partial charge in [-0.05, 0) is 50.1 Å². The molecule has 0 aliphatic carbocycles. The molecule has 0 aliphatic heterocycles. The summed E-state index contributed by atoms with van der Waals surface area (Å²) in [7, 11) is 0. The van der Waals surface area contributed by atoms with E-state index in [2.05, 4.69) is 5.32 Å². The molecule has 23 heavy (non-hydrogen) atoms. The lowest BCUT2D eigenvalue weighted by atomic mass is 10.1. The lowest BCUT2D eigenvalue weighted by molar-refractivity contribution is -0.116. The van der Waals surface area contributed by atoms with Crippen molar-refractivity contribution in [2.45, 2.75) is 32.8 Å². The summed E-state index contributed by atoms with van der Waals surface area (Å²) in [6.45, 7) is 3.92. The Hall–Kier alpha value is -1.71. The number of hydrogen-bond acceptors (Lipinski definition) is 2. The summed E-state index contributed by atoms with van der Waals surface area (Å²) in [4.78, 5) is 12.1. The van der Waals surface area contributed by atoms with Gasteiger partial charge in [-0.1, -0.05) is 35.3 Å². The summed E-state index contributed by atoms with van der Waals surface area (Å²) in [6, 6.07) is 12.7. The molecule has 1 N–H and O–H groups in total. The summed E-state index contributed by atoms with van der Waals surface area (Å²) < 4.78 is 5.61. The highest BCUT2D eigenvalue weighted by atomic mass is 35.5. The van der Waals surface area contributed by atoms with E-state index in [1.54, 1.807) is 12.1 Å². The van der Waals surface area contributed by atoms with E-state index in [0.29, 0.717) is 22.9 Å². The standard InChI is InChI=1S/C18H19Cl2NO2/c1-12(2)23-16-5-3-4-15(11-16)21-18(22)9-7-13-6-8-14(19)10-17(13)20/h3-6,8,10-12H,7,9H2,1-2H3,(H,21,22). The Kier molecular flexibility index (Phi) is 6.31. The SMILES string of the molecule is CC(C)Oc1cccc(NC(=O)CCc2ccc(Cl)cc2Cl)c1. The first-order valence-corrected chi connectivity index (χ1v) is 8.20. The molecular formula is C18H19Cl2NO2. The van der Waals surface area contributed by atoms with Gasteiger partial charge in [0.15, 0.2) is 0 Å². The Morgan fingerprint density at radius 3 is 2.65 bits per heavy atom. The second kappa shape index (κ2) is 8.23. The Morgan fingerprint density at radius 2 is 1.96 bits per heavy atom. The van der Waals surface area contributed by atoms with E-state index in [1.165, 1.54) is 0 Å². The van der Waals surface area contributed by atoms with Crippen molar-refractivity contribution >= 4 is 34.8 Å². The van der Waals surface area contributed by atoms with Crippen molar-refractivity contribution in [2.75, 3.05) is 5.32 Å². The van der Waals surface area contributed by atoms with E-state index in [9.17, 15) is 4.79 Å². The van der Waals surface area contributed by atoms with Crippen LogP contribution in [0.2, 0.25) is 10.0 Å². The average molecular weight is 352 g/mol. The molecule has 0 aromatic heterocycles. The predicted octanol–water partition coefficient (Wildman–Crippen LogP) is 5.35. The normalized spacial score (nSPS) is 10.7. The van der Waals surface area contributed by atoms with Gasteiger partial charge in [-0.2, -0.15) is 0 Å². The monoisotopic (exact) mass is 351 g/mol. The fourth-order valence-electron chi connectivity index (χ4n) is 2.12. The Balaban J connectivity index is 1.92. The van der Waals surface area contributed by atoms with Gasteiger partial charge in [-0.15, -0.1) is 0 Å². The molecule has 0 saturated carbocycles. The van der Waals surface area contributed by atoms with E-state index >= 15 is 0 Å². The van der Waals surface area contributed by atoms with Gasteiger partial charge in [0.1, 0.15) is 5.75 Å². The third-order valence-electron chi connectivity index (χ3n) is 3.13. The fraction of sp³-hybridized carbons (Fsp3) is 0.278. The number of carbonyl (C=O) groups excluding carboxylic acids is 1. The highest BCUT2D eigenvalue weighted by Crippen LogP contribution is 2.23. The fourth-order valence-corrected chi connectivity index (χ4v) is 2.62. The maximum absolute atomic E-state index is 12.1. The maximum Gasteiger partial charge on any atom is 0.224 e. The van der Waals surface area contributed by atoms with E-state index in [-0.39, 0.29) is 12.0 Å². The minimum absolute atomic E-state index is 0.0716. The quantitative estimate of drug-likeness (QED) is 0.761. The first-order chi connectivity index (χ1) is 10.9. The molecule has 2 aromatic rings. The van der Waals surface area contributed by atoms with Crippen LogP contribution in [0.4, 0.5) is 5.69 Å². The first-order valence-electron chi connectivity index (χ1n) is 7.44. The van der Waals surface area contributed by atoms with Crippen LogP contribution in [0.15, 0.2) is 42.5 Å². The van der Waals surface area contributed by atoms with E-state index < -0.39 is 0 Å². The molecule has 122 valence electrons. The lowest BCUT2D eigenvalue weighted by Gasteiger charge is -2.11.